The largest absolute Gasteiger partial charge is 0.478 e. The lowest BCUT2D eigenvalue weighted by atomic mass is 9.91. The van der Waals surface area contributed by atoms with Crippen molar-refractivity contribution in [3.05, 3.63) is 75.6 Å². The number of carbonyl (C=O) groups excluding carboxylic acids is 1. The monoisotopic (exact) mass is 425 g/mol. The Labute approximate surface area is 177 Å². The lowest BCUT2D eigenvalue weighted by molar-refractivity contribution is -0.384. The summed E-state index contributed by atoms with van der Waals surface area (Å²) in [6.07, 6.45) is 2.54. The van der Waals surface area contributed by atoms with Gasteiger partial charge in [-0.25, -0.2) is 14.2 Å². The maximum absolute atomic E-state index is 13.2. The standard InChI is InChI=1S/C22H20FN3O5/c1-2-3-20-19(21(27)25(24-20)17-10-6-16(23)7-11-17)13-15(22(28)29)12-14-4-8-18(9-5-14)26(30)31/h4-12,19H,2-3,13H2,1H3,(H,28,29)/b15-12-. The number of hydrogen-bond donors (Lipinski definition) is 1. The molecule has 8 nitrogen and oxygen atoms in total. The van der Waals surface area contributed by atoms with E-state index in [0.29, 0.717) is 29.8 Å². The van der Waals surface area contributed by atoms with Crippen LogP contribution in [0.25, 0.3) is 6.08 Å². The van der Waals surface area contributed by atoms with E-state index in [2.05, 4.69) is 5.10 Å². The van der Waals surface area contributed by atoms with Crippen LogP contribution in [-0.2, 0) is 9.59 Å². The number of nitrogens with zero attached hydrogens (tertiary/aromatic N) is 3. The number of carboxylic acid groups (broad SMARTS) is 1. The fraction of sp³-hybridized carbons (Fsp3) is 0.227. The Kier molecular flexibility index (Phi) is 6.54. The summed E-state index contributed by atoms with van der Waals surface area (Å²) in [4.78, 5) is 35.1. The molecule has 1 N–H and O–H groups in total. The van der Waals surface area contributed by atoms with Crippen molar-refractivity contribution >= 4 is 35.0 Å². The van der Waals surface area contributed by atoms with Crippen LogP contribution in [0.1, 0.15) is 31.7 Å². The van der Waals surface area contributed by atoms with Crippen LogP contribution in [0.4, 0.5) is 15.8 Å². The molecule has 3 rings (SSSR count). The van der Waals surface area contributed by atoms with Gasteiger partial charge >= 0.3 is 5.97 Å². The zero-order valence-electron chi connectivity index (χ0n) is 16.7. The molecule has 0 saturated carbocycles. The van der Waals surface area contributed by atoms with Gasteiger partial charge in [-0.1, -0.05) is 13.3 Å². The molecule has 0 saturated heterocycles. The molecule has 1 aliphatic rings. The van der Waals surface area contributed by atoms with E-state index in [1.165, 1.54) is 59.6 Å². The summed E-state index contributed by atoms with van der Waals surface area (Å²) in [5.41, 5.74) is 1.31. The van der Waals surface area contributed by atoms with Crippen LogP contribution < -0.4 is 5.01 Å². The number of hydrazone groups is 1. The predicted octanol–water partition coefficient (Wildman–Crippen LogP) is 4.41. The Balaban J connectivity index is 1.88. The van der Waals surface area contributed by atoms with Crippen molar-refractivity contribution in [3.63, 3.8) is 0 Å². The SMILES string of the molecule is CCCC1=NN(c2ccc(F)cc2)C(=O)C1C/C(=C/c1ccc([N+](=O)[O-])cc1)C(=O)O. The van der Waals surface area contributed by atoms with Crippen molar-refractivity contribution in [1.29, 1.82) is 0 Å². The number of nitro benzene ring substituents is 1. The first-order valence-electron chi connectivity index (χ1n) is 9.65. The highest BCUT2D eigenvalue weighted by molar-refractivity contribution is 6.16. The van der Waals surface area contributed by atoms with E-state index in [1.54, 1.807) is 0 Å². The number of carboxylic acids is 1. The van der Waals surface area contributed by atoms with Gasteiger partial charge in [0.05, 0.1) is 22.2 Å². The van der Waals surface area contributed by atoms with Crippen LogP contribution >= 0.6 is 0 Å². The van der Waals surface area contributed by atoms with Crippen LogP contribution in [0.2, 0.25) is 0 Å². The Bertz CT molecular complexity index is 1060. The third-order valence-corrected chi connectivity index (χ3v) is 4.86. The zero-order chi connectivity index (χ0) is 22.5. The molecular formula is C22H20FN3O5. The quantitative estimate of drug-likeness (QED) is 0.382. The van der Waals surface area contributed by atoms with Crippen LogP contribution in [0.15, 0.2) is 59.2 Å². The van der Waals surface area contributed by atoms with E-state index >= 15 is 0 Å². The van der Waals surface area contributed by atoms with Crippen LogP contribution in [0, 0.1) is 21.8 Å². The fourth-order valence-corrected chi connectivity index (χ4v) is 3.31. The molecular weight excluding hydrogens is 405 g/mol. The van der Waals surface area contributed by atoms with Crippen molar-refractivity contribution in [2.45, 2.75) is 26.2 Å². The van der Waals surface area contributed by atoms with Crippen molar-refractivity contribution < 1.29 is 24.0 Å². The first kappa shape index (κ1) is 21.8. The molecule has 0 aliphatic carbocycles. The molecule has 9 heteroatoms. The Morgan fingerprint density at radius 1 is 1.23 bits per heavy atom. The molecule has 0 fully saturated rings. The number of anilines is 1. The number of aliphatic carboxylic acids is 1. The molecule has 0 radical (unpaired) electrons. The zero-order valence-corrected chi connectivity index (χ0v) is 16.7. The van der Waals surface area contributed by atoms with Gasteiger partial charge in [0.15, 0.2) is 0 Å². The van der Waals surface area contributed by atoms with Crippen LogP contribution in [-0.4, -0.2) is 27.6 Å². The molecule has 1 aliphatic heterocycles. The average molecular weight is 425 g/mol. The summed E-state index contributed by atoms with van der Waals surface area (Å²) in [5, 5.41) is 26.0. The van der Waals surface area contributed by atoms with Crippen molar-refractivity contribution in [3.8, 4) is 0 Å². The third-order valence-electron chi connectivity index (χ3n) is 4.86. The number of amides is 1. The lowest BCUT2D eigenvalue weighted by Gasteiger charge is -2.15. The fourth-order valence-electron chi connectivity index (χ4n) is 3.31. The van der Waals surface area contributed by atoms with Gasteiger partial charge in [-0.3, -0.25) is 14.9 Å². The number of non-ortho nitro benzene ring substituents is 1. The molecule has 2 aromatic rings. The maximum Gasteiger partial charge on any atom is 0.331 e. The van der Waals surface area contributed by atoms with Crippen molar-refractivity contribution in [2.24, 2.45) is 11.0 Å². The van der Waals surface area contributed by atoms with Gasteiger partial charge in [0.2, 0.25) is 0 Å². The van der Waals surface area contributed by atoms with Gasteiger partial charge in [0.25, 0.3) is 11.6 Å². The second-order valence-electron chi connectivity index (χ2n) is 7.05. The van der Waals surface area contributed by atoms with E-state index < -0.39 is 22.6 Å². The van der Waals surface area contributed by atoms with E-state index in [-0.39, 0.29) is 23.6 Å². The normalized spacial score (nSPS) is 16.4. The highest BCUT2D eigenvalue weighted by atomic mass is 19.1. The van der Waals surface area contributed by atoms with Gasteiger partial charge in [-0.05, 0) is 60.9 Å². The molecule has 1 heterocycles. The smallest absolute Gasteiger partial charge is 0.331 e. The predicted molar refractivity (Wildman–Crippen MR) is 113 cm³/mol. The molecule has 31 heavy (non-hydrogen) atoms. The van der Waals surface area contributed by atoms with Crippen LogP contribution in [0.5, 0.6) is 0 Å². The van der Waals surface area contributed by atoms with E-state index in [4.69, 9.17) is 0 Å². The summed E-state index contributed by atoms with van der Waals surface area (Å²) in [6, 6.07) is 10.8. The third kappa shape index (κ3) is 5.00. The summed E-state index contributed by atoms with van der Waals surface area (Å²) in [5.74, 6) is -2.78. The number of nitro groups is 1. The minimum atomic E-state index is -1.19. The number of benzene rings is 2. The molecule has 0 spiro atoms. The van der Waals surface area contributed by atoms with E-state index in [9.17, 15) is 29.2 Å². The van der Waals surface area contributed by atoms with Gasteiger partial charge in [-0.15, -0.1) is 0 Å². The number of carbonyl (C=O) groups is 2. The Hall–Kier alpha value is -3.88. The van der Waals surface area contributed by atoms with E-state index in [1.807, 2.05) is 6.92 Å². The molecule has 1 atom stereocenters. The van der Waals surface area contributed by atoms with Crippen LogP contribution in [0.3, 0.4) is 0 Å². The summed E-state index contributed by atoms with van der Waals surface area (Å²) < 4.78 is 13.2. The number of hydrogen-bond acceptors (Lipinski definition) is 5. The van der Waals surface area contributed by atoms with Gasteiger partial charge in [-0.2, -0.15) is 5.10 Å². The van der Waals surface area contributed by atoms with Gasteiger partial charge in [0, 0.05) is 17.7 Å². The molecule has 1 unspecified atom stereocenters. The molecule has 160 valence electrons. The Morgan fingerprint density at radius 3 is 2.42 bits per heavy atom. The second kappa shape index (κ2) is 9.29. The summed E-state index contributed by atoms with van der Waals surface area (Å²) in [6.45, 7) is 1.93. The second-order valence-corrected chi connectivity index (χ2v) is 7.05. The highest BCUT2D eigenvalue weighted by Crippen LogP contribution is 2.30. The van der Waals surface area contributed by atoms with E-state index in [0.717, 1.165) is 0 Å². The topological polar surface area (TPSA) is 113 Å². The van der Waals surface area contributed by atoms with Gasteiger partial charge < -0.3 is 5.11 Å². The van der Waals surface area contributed by atoms with Crippen molar-refractivity contribution in [1.82, 2.24) is 0 Å². The first-order chi connectivity index (χ1) is 14.8. The Morgan fingerprint density at radius 2 is 1.87 bits per heavy atom. The molecule has 0 bridgehead atoms. The first-order valence-corrected chi connectivity index (χ1v) is 9.65. The van der Waals surface area contributed by atoms with Crippen molar-refractivity contribution in [2.75, 3.05) is 5.01 Å². The summed E-state index contributed by atoms with van der Waals surface area (Å²) in [7, 11) is 0. The van der Waals surface area contributed by atoms with Gasteiger partial charge in [0.1, 0.15) is 5.82 Å². The highest BCUT2D eigenvalue weighted by Gasteiger charge is 2.37. The molecule has 2 aromatic carbocycles. The number of rotatable bonds is 8. The lowest BCUT2D eigenvalue weighted by Crippen LogP contribution is -2.28. The average Bonchev–Trinajstić information content (AvgIpc) is 3.04. The number of halogens is 1. The summed E-state index contributed by atoms with van der Waals surface area (Å²) >= 11 is 0. The maximum atomic E-state index is 13.2. The minimum absolute atomic E-state index is 0.0167. The molecule has 0 aromatic heterocycles. The molecule has 1 amide bonds. The minimum Gasteiger partial charge on any atom is -0.478 e.